The molecule has 9 nitrogen and oxygen atoms in total. The van der Waals surface area contributed by atoms with Crippen LogP contribution in [0.4, 0.5) is 5.69 Å². The van der Waals surface area contributed by atoms with Crippen molar-refractivity contribution >= 4 is 55.4 Å². The Balaban J connectivity index is 2.18. The summed E-state index contributed by atoms with van der Waals surface area (Å²) in [7, 11) is -4.40. The lowest BCUT2D eigenvalue weighted by molar-refractivity contribution is -0.137. The zero-order valence-electron chi connectivity index (χ0n) is 15.5. The van der Waals surface area contributed by atoms with Gasteiger partial charge >= 0.3 is 16.1 Å². The molecule has 0 bridgehead atoms. The van der Waals surface area contributed by atoms with Gasteiger partial charge < -0.3 is 23.7 Å². The fraction of sp³-hybridized carbons (Fsp3) is 0.167. The third kappa shape index (κ3) is 4.59. The van der Waals surface area contributed by atoms with E-state index >= 15 is 0 Å². The Hall–Kier alpha value is -2.60. The second-order valence-electron chi connectivity index (χ2n) is 6.22. The van der Waals surface area contributed by atoms with Gasteiger partial charge in [-0.25, -0.2) is 0 Å². The molecule has 0 aliphatic carbocycles. The molecule has 0 spiro atoms. The third-order valence-corrected chi connectivity index (χ3v) is 6.35. The van der Waals surface area contributed by atoms with E-state index in [4.69, 9.17) is 15.8 Å². The molecular formula is C18H16ClN2O7S2-. The van der Waals surface area contributed by atoms with Crippen molar-refractivity contribution in [2.45, 2.75) is 18.4 Å². The Morgan fingerprint density at radius 3 is 2.63 bits per heavy atom. The lowest BCUT2D eigenvalue weighted by atomic mass is 10.2. The second-order valence-corrected chi connectivity index (χ2v) is 9.01. The minimum Gasteiger partial charge on any atom is -0.771 e. The molecule has 12 heteroatoms. The first-order valence-corrected chi connectivity index (χ1v) is 11.5. The number of benzene rings is 2. The van der Waals surface area contributed by atoms with E-state index < -0.39 is 33.7 Å². The number of halogens is 1. The molecule has 0 radical (unpaired) electrons. The topological polar surface area (TPSA) is 138 Å². The Morgan fingerprint density at radius 2 is 2.00 bits per heavy atom. The van der Waals surface area contributed by atoms with Gasteiger partial charge in [-0.2, -0.15) is 8.42 Å². The summed E-state index contributed by atoms with van der Waals surface area (Å²) in [6, 6.07) is 10.5. The monoisotopic (exact) mass is 471 g/mol. The van der Waals surface area contributed by atoms with E-state index in [0.717, 1.165) is 0 Å². The number of nitrogens with zero attached hydrogens (tertiary/aromatic N) is 1. The minimum atomic E-state index is -4.40. The van der Waals surface area contributed by atoms with E-state index in [1.165, 1.54) is 41.8 Å². The Morgan fingerprint density at radius 1 is 1.30 bits per heavy atom. The molecular weight excluding hydrogens is 456 g/mol. The first-order valence-electron chi connectivity index (χ1n) is 8.43. The molecule has 0 saturated carbocycles. The molecule has 0 saturated heterocycles. The van der Waals surface area contributed by atoms with Crippen LogP contribution in [0, 0.1) is 6.92 Å². The standard InChI is InChI=1S/C18H17ClN2O7S2/c1-11-18(30(26,27)28-16-5-3-2-4-14(16)19)13-8-12(20-10-29(24)25)6-7-15(13)21(11)9-17(22)23/h2-8,20H,9-10H2,1H3,(H,22,23)(H,24,25)/p-1. The molecule has 1 aromatic heterocycles. The SMILES string of the molecule is Cc1c(S(=O)(=O)Oc2ccccc2Cl)c2cc(NCS(=O)[O-])ccc2n1CC(=O)O. The Labute approximate surface area is 179 Å². The van der Waals surface area contributed by atoms with Crippen LogP contribution in [0.15, 0.2) is 47.4 Å². The number of hydrogen-bond acceptors (Lipinski definition) is 7. The largest absolute Gasteiger partial charge is 0.771 e. The van der Waals surface area contributed by atoms with Gasteiger partial charge in [0.2, 0.25) is 0 Å². The number of carboxylic acids is 1. The maximum Gasteiger partial charge on any atom is 0.341 e. The van der Waals surface area contributed by atoms with E-state index in [1.807, 2.05) is 0 Å². The van der Waals surface area contributed by atoms with Crippen LogP contribution in [0.2, 0.25) is 5.02 Å². The quantitative estimate of drug-likeness (QED) is 0.377. The van der Waals surface area contributed by atoms with Gasteiger partial charge in [0, 0.05) is 16.8 Å². The molecule has 0 amide bonds. The summed E-state index contributed by atoms with van der Waals surface area (Å²) in [5.41, 5.74) is 0.836. The van der Waals surface area contributed by atoms with Crippen LogP contribution in [0.3, 0.4) is 0 Å². The maximum absolute atomic E-state index is 13.1. The summed E-state index contributed by atoms with van der Waals surface area (Å²) in [6.07, 6.45) is 0. The van der Waals surface area contributed by atoms with Crippen molar-refractivity contribution in [3.8, 4) is 5.75 Å². The molecule has 160 valence electrons. The molecule has 3 rings (SSSR count). The third-order valence-electron chi connectivity index (χ3n) is 4.24. The smallest absolute Gasteiger partial charge is 0.341 e. The number of carbonyl (C=O) groups is 1. The van der Waals surface area contributed by atoms with Crippen molar-refractivity contribution in [2.75, 3.05) is 11.2 Å². The first-order chi connectivity index (χ1) is 14.1. The van der Waals surface area contributed by atoms with Crippen molar-refractivity contribution in [3.63, 3.8) is 0 Å². The number of anilines is 1. The summed E-state index contributed by atoms with van der Waals surface area (Å²) in [4.78, 5) is 11.1. The Kier molecular flexibility index (Phi) is 6.36. The first kappa shape index (κ1) is 22.1. The fourth-order valence-corrected chi connectivity index (χ4v) is 4.90. The Bertz CT molecular complexity index is 1250. The number of aromatic nitrogens is 1. The van der Waals surface area contributed by atoms with E-state index in [2.05, 4.69) is 5.32 Å². The van der Waals surface area contributed by atoms with Gasteiger partial charge in [0.1, 0.15) is 11.4 Å². The summed E-state index contributed by atoms with van der Waals surface area (Å²) < 4.78 is 54.4. The average Bonchev–Trinajstić information content (AvgIpc) is 2.93. The van der Waals surface area contributed by atoms with Crippen molar-refractivity contribution in [1.82, 2.24) is 4.57 Å². The number of hydrogen-bond donors (Lipinski definition) is 2. The predicted molar refractivity (Wildman–Crippen MR) is 111 cm³/mol. The highest BCUT2D eigenvalue weighted by atomic mass is 35.5. The summed E-state index contributed by atoms with van der Waals surface area (Å²) in [5.74, 6) is -1.61. The zero-order chi connectivity index (χ0) is 22.1. The van der Waals surface area contributed by atoms with Gasteiger partial charge in [0.25, 0.3) is 0 Å². The average molecular weight is 472 g/mol. The van der Waals surface area contributed by atoms with Gasteiger partial charge in [-0.1, -0.05) is 23.7 Å². The molecule has 1 unspecified atom stereocenters. The molecule has 30 heavy (non-hydrogen) atoms. The van der Waals surface area contributed by atoms with E-state index in [9.17, 15) is 27.1 Å². The van der Waals surface area contributed by atoms with E-state index in [0.29, 0.717) is 11.2 Å². The van der Waals surface area contributed by atoms with Crippen LogP contribution in [-0.4, -0.2) is 38.7 Å². The van der Waals surface area contributed by atoms with E-state index in [-0.39, 0.29) is 32.6 Å². The lowest BCUT2D eigenvalue weighted by Gasteiger charge is -2.10. The van der Waals surface area contributed by atoms with Gasteiger partial charge in [-0.3, -0.25) is 9.00 Å². The highest BCUT2D eigenvalue weighted by Gasteiger charge is 2.28. The second kappa shape index (κ2) is 8.64. The number of nitrogens with one attached hydrogen (secondary N) is 1. The van der Waals surface area contributed by atoms with Crippen molar-refractivity contribution < 1.29 is 31.3 Å². The molecule has 1 heterocycles. The normalized spacial score (nSPS) is 12.6. The van der Waals surface area contributed by atoms with Gasteiger partial charge in [0.15, 0.2) is 5.75 Å². The maximum atomic E-state index is 13.1. The molecule has 0 aliphatic heterocycles. The van der Waals surface area contributed by atoms with Crippen LogP contribution in [0.5, 0.6) is 5.75 Å². The van der Waals surface area contributed by atoms with Crippen LogP contribution in [0.25, 0.3) is 10.9 Å². The fourth-order valence-electron chi connectivity index (χ4n) is 3.03. The molecule has 0 aliphatic rings. The number of para-hydroxylation sites is 1. The molecule has 0 fully saturated rings. The predicted octanol–water partition coefficient (Wildman–Crippen LogP) is 2.70. The summed E-state index contributed by atoms with van der Waals surface area (Å²) >= 11 is 3.65. The molecule has 2 aromatic carbocycles. The van der Waals surface area contributed by atoms with Crippen molar-refractivity contribution in [2.24, 2.45) is 0 Å². The molecule has 2 N–H and O–H groups in total. The zero-order valence-corrected chi connectivity index (χ0v) is 17.9. The molecule has 1 atom stereocenters. The van der Waals surface area contributed by atoms with Gasteiger partial charge in [-0.05, 0) is 48.3 Å². The van der Waals surface area contributed by atoms with Crippen LogP contribution < -0.4 is 9.50 Å². The number of carboxylic acid groups (broad SMARTS) is 1. The summed E-state index contributed by atoms with van der Waals surface area (Å²) in [6.45, 7) is 0.993. The van der Waals surface area contributed by atoms with Gasteiger partial charge in [0.05, 0.1) is 16.4 Å². The van der Waals surface area contributed by atoms with E-state index in [1.54, 1.807) is 12.1 Å². The van der Waals surface area contributed by atoms with Gasteiger partial charge in [-0.15, -0.1) is 0 Å². The highest BCUT2D eigenvalue weighted by molar-refractivity contribution is 7.87. The van der Waals surface area contributed by atoms with Crippen LogP contribution in [-0.2, 0) is 32.5 Å². The minimum absolute atomic E-state index is 0.0752. The van der Waals surface area contributed by atoms with Crippen molar-refractivity contribution in [1.29, 1.82) is 0 Å². The lowest BCUT2D eigenvalue weighted by Crippen LogP contribution is -2.14. The van der Waals surface area contributed by atoms with Crippen molar-refractivity contribution in [3.05, 3.63) is 53.2 Å². The highest BCUT2D eigenvalue weighted by Crippen LogP contribution is 2.35. The number of aliphatic carboxylic acids is 1. The van der Waals surface area contributed by atoms with Crippen LogP contribution in [0.1, 0.15) is 5.69 Å². The summed E-state index contributed by atoms with van der Waals surface area (Å²) in [5, 5.41) is 12.2. The molecule has 3 aromatic rings. The van der Waals surface area contributed by atoms with Crippen LogP contribution >= 0.6 is 11.6 Å². The number of fused-ring (bicyclic) bond motifs is 1. The number of rotatable bonds is 8.